The number of ether oxygens (including phenoxy) is 1. The standard InChI is InChI=1S/C28H31N5O/c1-19(2)22-9-11-23(12-10-22)24-6-5-15-33-28(24)30-27(31-33)14-8-21-7-13-25(26(16-21)34-4)32-17-20(3)29-18-32/h7-14,16-19,24H,5-6,15H2,1-4H3. The highest BCUT2D eigenvalue weighted by molar-refractivity contribution is 5.69. The van der Waals surface area contributed by atoms with Crippen molar-refractivity contribution in [3.8, 4) is 11.4 Å². The predicted molar refractivity (Wildman–Crippen MR) is 135 cm³/mol. The topological polar surface area (TPSA) is 57.8 Å². The summed E-state index contributed by atoms with van der Waals surface area (Å²) in [5, 5.41) is 4.77. The van der Waals surface area contributed by atoms with Crippen molar-refractivity contribution in [1.29, 1.82) is 0 Å². The van der Waals surface area contributed by atoms with E-state index < -0.39 is 0 Å². The minimum atomic E-state index is 0.294. The maximum Gasteiger partial charge on any atom is 0.174 e. The van der Waals surface area contributed by atoms with Crippen molar-refractivity contribution in [1.82, 2.24) is 24.3 Å². The van der Waals surface area contributed by atoms with Crippen molar-refractivity contribution in [2.24, 2.45) is 0 Å². The Bertz CT molecular complexity index is 1310. The second-order valence-electron chi connectivity index (χ2n) is 9.25. The first-order valence-corrected chi connectivity index (χ1v) is 11.9. The van der Waals surface area contributed by atoms with Crippen LogP contribution < -0.4 is 4.74 Å². The van der Waals surface area contributed by atoms with Gasteiger partial charge in [-0.2, -0.15) is 5.10 Å². The monoisotopic (exact) mass is 453 g/mol. The lowest BCUT2D eigenvalue weighted by Gasteiger charge is -2.22. The third kappa shape index (κ3) is 4.40. The van der Waals surface area contributed by atoms with Gasteiger partial charge in [0, 0.05) is 18.7 Å². The molecule has 0 amide bonds. The van der Waals surface area contributed by atoms with Crippen molar-refractivity contribution in [2.45, 2.75) is 52.0 Å². The van der Waals surface area contributed by atoms with E-state index in [0.29, 0.717) is 11.8 Å². The number of rotatable bonds is 6. The van der Waals surface area contributed by atoms with Gasteiger partial charge in [-0.3, -0.25) is 0 Å². The molecule has 34 heavy (non-hydrogen) atoms. The fourth-order valence-electron chi connectivity index (χ4n) is 4.60. The molecule has 0 spiro atoms. The molecule has 1 unspecified atom stereocenters. The molecule has 0 N–H and O–H groups in total. The van der Waals surface area contributed by atoms with Crippen molar-refractivity contribution in [3.05, 3.63) is 89.0 Å². The van der Waals surface area contributed by atoms with Gasteiger partial charge in [-0.1, -0.05) is 50.3 Å². The van der Waals surface area contributed by atoms with Gasteiger partial charge in [-0.15, -0.1) is 0 Å². The van der Waals surface area contributed by atoms with Gasteiger partial charge in [0.25, 0.3) is 0 Å². The van der Waals surface area contributed by atoms with Crippen molar-refractivity contribution in [3.63, 3.8) is 0 Å². The molecule has 5 rings (SSSR count). The Hall–Kier alpha value is -3.67. The summed E-state index contributed by atoms with van der Waals surface area (Å²) in [6.45, 7) is 7.35. The predicted octanol–water partition coefficient (Wildman–Crippen LogP) is 6.00. The molecular weight excluding hydrogens is 422 g/mol. The summed E-state index contributed by atoms with van der Waals surface area (Å²) in [7, 11) is 1.69. The van der Waals surface area contributed by atoms with E-state index in [9.17, 15) is 0 Å². The third-order valence-electron chi connectivity index (χ3n) is 6.52. The molecule has 0 saturated heterocycles. The van der Waals surface area contributed by atoms with Crippen LogP contribution in [0.1, 0.15) is 72.6 Å². The largest absolute Gasteiger partial charge is 0.495 e. The number of methoxy groups -OCH3 is 1. The van der Waals surface area contributed by atoms with E-state index in [2.05, 4.69) is 53.8 Å². The molecule has 174 valence electrons. The Labute approximate surface area is 201 Å². The van der Waals surface area contributed by atoms with Gasteiger partial charge in [0.15, 0.2) is 5.82 Å². The Kier molecular flexibility index (Phi) is 6.05. The van der Waals surface area contributed by atoms with E-state index in [1.54, 1.807) is 13.4 Å². The molecule has 2 aromatic heterocycles. The summed E-state index contributed by atoms with van der Waals surface area (Å²) in [6, 6.07) is 15.2. The smallest absolute Gasteiger partial charge is 0.174 e. The second-order valence-corrected chi connectivity index (χ2v) is 9.25. The van der Waals surface area contributed by atoms with Crippen LogP contribution in [0.4, 0.5) is 0 Å². The fourth-order valence-corrected chi connectivity index (χ4v) is 4.60. The first kappa shape index (κ1) is 22.1. The lowest BCUT2D eigenvalue weighted by Crippen LogP contribution is -2.18. The Morgan fingerprint density at radius 1 is 1.09 bits per heavy atom. The first-order chi connectivity index (χ1) is 16.5. The van der Waals surface area contributed by atoms with Crippen molar-refractivity contribution in [2.75, 3.05) is 7.11 Å². The lowest BCUT2D eigenvalue weighted by molar-refractivity contribution is 0.413. The SMILES string of the molecule is COc1cc(C=Cc2nc3n(n2)CCCC3c2ccc(C(C)C)cc2)ccc1-n1cnc(C)c1. The third-order valence-corrected chi connectivity index (χ3v) is 6.52. The fraction of sp³-hybridized carbons (Fsp3) is 0.321. The van der Waals surface area contributed by atoms with E-state index in [0.717, 1.165) is 53.7 Å². The Morgan fingerprint density at radius 3 is 2.62 bits per heavy atom. The molecule has 3 heterocycles. The van der Waals surface area contributed by atoms with E-state index in [-0.39, 0.29) is 0 Å². The highest BCUT2D eigenvalue weighted by atomic mass is 16.5. The maximum absolute atomic E-state index is 5.64. The zero-order valence-corrected chi connectivity index (χ0v) is 20.3. The molecule has 1 aliphatic rings. The van der Waals surface area contributed by atoms with E-state index >= 15 is 0 Å². The van der Waals surface area contributed by atoms with Crippen molar-refractivity contribution < 1.29 is 4.74 Å². The van der Waals surface area contributed by atoms with Gasteiger partial charge >= 0.3 is 0 Å². The van der Waals surface area contributed by atoms with Crippen molar-refractivity contribution >= 4 is 12.2 Å². The van der Waals surface area contributed by atoms with Gasteiger partial charge in [-0.25, -0.2) is 14.6 Å². The van der Waals surface area contributed by atoms with Crippen LogP contribution in [-0.4, -0.2) is 31.4 Å². The number of aryl methyl sites for hydroxylation is 2. The summed E-state index contributed by atoms with van der Waals surface area (Å²) in [5.41, 5.74) is 5.65. The number of hydrogen-bond acceptors (Lipinski definition) is 4. The van der Waals surface area contributed by atoms with E-state index in [1.807, 2.05) is 42.0 Å². The normalized spacial score (nSPS) is 15.7. The number of benzene rings is 2. The van der Waals surface area contributed by atoms with Crippen LogP contribution in [0.3, 0.4) is 0 Å². The zero-order chi connectivity index (χ0) is 23.7. The first-order valence-electron chi connectivity index (χ1n) is 11.9. The highest BCUT2D eigenvalue weighted by Gasteiger charge is 2.25. The molecule has 1 aliphatic heterocycles. The van der Waals surface area contributed by atoms with Crippen LogP contribution in [0.2, 0.25) is 0 Å². The van der Waals surface area contributed by atoms with Crippen LogP contribution in [0.25, 0.3) is 17.8 Å². The summed E-state index contributed by atoms with van der Waals surface area (Å²) < 4.78 is 9.69. The minimum Gasteiger partial charge on any atom is -0.495 e. The Morgan fingerprint density at radius 2 is 1.91 bits per heavy atom. The molecule has 0 fully saturated rings. The number of nitrogens with zero attached hydrogens (tertiary/aromatic N) is 5. The number of fused-ring (bicyclic) bond motifs is 1. The molecule has 2 aromatic carbocycles. The van der Waals surface area contributed by atoms with Crippen LogP contribution in [0.15, 0.2) is 55.0 Å². The molecule has 6 heteroatoms. The average Bonchev–Trinajstić information content (AvgIpc) is 3.48. The summed E-state index contributed by atoms with van der Waals surface area (Å²) in [4.78, 5) is 9.23. The van der Waals surface area contributed by atoms with Gasteiger partial charge in [-0.05, 0) is 60.6 Å². The van der Waals surface area contributed by atoms with Gasteiger partial charge < -0.3 is 9.30 Å². The molecule has 0 aliphatic carbocycles. The molecule has 4 aromatic rings. The van der Waals surface area contributed by atoms with Crippen LogP contribution in [0.5, 0.6) is 5.75 Å². The van der Waals surface area contributed by atoms with Gasteiger partial charge in [0.1, 0.15) is 11.6 Å². The second kappa shape index (κ2) is 9.29. The molecule has 6 nitrogen and oxygen atoms in total. The minimum absolute atomic E-state index is 0.294. The lowest BCUT2D eigenvalue weighted by atomic mass is 9.89. The Balaban J connectivity index is 1.38. The average molecular weight is 454 g/mol. The van der Waals surface area contributed by atoms with E-state index in [1.165, 1.54) is 11.1 Å². The summed E-state index contributed by atoms with van der Waals surface area (Å²) in [5.74, 6) is 3.43. The molecule has 0 saturated carbocycles. The zero-order valence-electron chi connectivity index (χ0n) is 20.3. The highest BCUT2D eigenvalue weighted by Crippen LogP contribution is 2.33. The number of imidazole rings is 1. The van der Waals surface area contributed by atoms with Crippen LogP contribution >= 0.6 is 0 Å². The van der Waals surface area contributed by atoms with E-state index in [4.69, 9.17) is 14.8 Å². The maximum atomic E-state index is 5.64. The quantitative estimate of drug-likeness (QED) is 0.359. The molecule has 1 atom stereocenters. The molecule has 0 radical (unpaired) electrons. The van der Waals surface area contributed by atoms with Crippen LogP contribution in [-0.2, 0) is 6.54 Å². The number of hydrogen-bond donors (Lipinski definition) is 0. The van der Waals surface area contributed by atoms with Crippen LogP contribution in [0, 0.1) is 6.92 Å². The number of aromatic nitrogens is 5. The van der Waals surface area contributed by atoms with Gasteiger partial charge in [0.2, 0.25) is 0 Å². The summed E-state index contributed by atoms with van der Waals surface area (Å²) >= 11 is 0. The molecular formula is C28H31N5O. The molecule has 0 bridgehead atoms. The van der Waals surface area contributed by atoms with Gasteiger partial charge in [0.05, 0.1) is 24.8 Å². The summed E-state index contributed by atoms with van der Waals surface area (Å²) in [6.07, 6.45) is 10.0.